The van der Waals surface area contributed by atoms with E-state index >= 15 is 0 Å². The van der Waals surface area contributed by atoms with E-state index in [0.717, 1.165) is 13.1 Å². The lowest BCUT2D eigenvalue weighted by atomic mass is 10.1. The second kappa shape index (κ2) is 8.88. The molecular formula is C22H25N3O3S. The first-order chi connectivity index (χ1) is 14.1. The molecule has 152 valence electrons. The molecule has 0 saturated carbocycles. The number of hydrogen-bond donors (Lipinski definition) is 1. The average molecular weight is 412 g/mol. The zero-order chi connectivity index (χ0) is 20.2. The van der Waals surface area contributed by atoms with E-state index in [-0.39, 0.29) is 30.3 Å². The van der Waals surface area contributed by atoms with Crippen LogP contribution in [0.4, 0.5) is 0 Å². The molecule has 2 aliphatic heterocycles. The van der Waals surface area contributed by atoms with Crippen molar-refractivity contribution in [2.24, 2.45) is 0 Å². The summed E-state index contributed by atoms with van der Waals surface area (Å²) < 4.78 is 0. The predicted molar refractivity (Wildman–Crippen MR) is 112 cm³/mol. The van der Waals surface area contributed by atoms with Crippen LogP contribution in [0, 0.1) is 0 Å². The molecule has 1 saturated heterocycles. The highest BCUT2D eigenvalue weighted by atomic mass is 32.1. The summed E-state index contributed by atoms with van der Waals surface area (Å²) in [7, 11) is 0. The van der Waals surface area contributed by atoms with Gasteiger partial charge in [-0.05, 0) is 55.9 Å². The highest BCUT2D eigenvalue weighted by molar-refractivity contribution is 7.10. The molecule has 6 nitrogen and oxygen atoms in total. The summed E-state index contributed by atoms with van der Waals surface area (Å²) in [6, 6.07) is 11.3. The molecule has 0 spiro atoms. The SMILES string of the molecule is O=C(CCCN1C(=O)c2ccccc2C1=O)NC[C@@H](c1cccs1)N1CCCC1. The Morgan fingerprint density at radius 2 is 1.72 bits per heavy atom. The van der Waals surface area contributed by atoms with Gasteiger partial charge in [-0.1, -0.05) is 18.2 Å². The van der Waals surface area contributed by atoms with Crippen LogP contribution < -0.4 is 5.32 Å². The maximum absolute atomic E-state index is 12.4. The number of carbonyl (C=O) groups is 3. The van der Waals surface area contributed by atoms with Crippen LogP contribution in [0.25, 0.3) is 0 Å². The van der Waals surface area contributed by atoms with Gasteiger partial charge in [-0.3, -0.25) is 24.2 Å². The van der Waals surface area contributed by atoms with Gasteiger partial charge in [-0.15, -0.1) is 11.3 Å². The molecule has 0 radical (unpaired) electrons. The zero-order valence-electron chi connectivity index (χ0n) is 16.3. The summed E-state index contributed by atoms with van der Waals surface area (Å²) in [6.45, 7) is 2.99. The van der Waals surface area contributed by atoms with E-state index in [1.54, 1.807) is 35.6 Å². The minimum absolute atomic E-state index is 0.0395. The molecule has 0 bridgehead atoms. The Bertz CT molecular complexity index is 855. The van der Waals surface area contributed by atoms with Crippen LogP contribution in [-0.4, -0.2) is 53.7 Å². The van der Waals surface area contributed by atoms with Crippen molar-refractivity contribution in [3.8, 4) is 0 Å². The van der Waals surface area contributed by atoms with Gasteiger partial charge in [-0.25, -0.2) is 0 Å². The fourth-order valence-electron chi connectivity index (χ4n) is 4.08. The van der Waals surface area contributed by atoms with Gasteiger partial charge in [0.25, 0.3) is 11.8 Å². The van der Waals surface area contributed by atoms with E-state index in [9.17, 15) is 14.4 Å². The van der Waals surface area contributed by atoms with Gasteiger partial charge in [0.15, 0.2) is 0 Å². The van der Waals surface area contributed by atoms with Crippen molar-refractivity contribution in [1.82, 2.24) is 15.1 Å². The Morgan fingerprint density at radius 3 is 2.34 bits per heavy atom. The number of rotatable bonds is 8. The van der Waals surface area contributed by atoms with Crippen molar-refractivity contribution >= 4 is 29.1 Å². The number of thiophene rings is 1. The molecule has 2 aliphatic rings. The van der Waals surface area contributed by atoms with Crippen LogP contribution in [0.5, 0.6) is 0 Å². The normalized spacial score (nSPS) is 17.6. The largest absolute Gasteiger partial charge is 0.354 e. The van der Waals surface area contributed by atoms with E-state index in [1.165, 1.54) is 22.6 Å². The monoisotopic (exact) mass is 411 g/mol. The van der Waals surface area contributed by atoms with Gasteiger partial charge in [0, 0.05) is 24.4 Å². The number of fused-ring (bicyclic) bond motifs is 1. The maximum atomic E-state index is 12.4. The van der Waals surface area contributed by atoms with Crippen LogP contribution >= 0.6 is 11.3 Å². The second-order valence-electron chi connectivity index (χ2n) is 7.49. The molecule has 2 aromatic rings. The fraction of sp³-hybridized carbons (Fsp3) is 0.409. The number of nitrogens with zero attached hydrogens (tertiary/aromatic N) is 2. The van der Waals surface area contributed by atoms with Gasteiger partial charge in [-0.2, -0.15) is 0 Å². The lowest BCUT2D eigenvalue weighted by Gasteiger charge is -2.27. The standard InChI is InChI=1S/C22H25N3O3S/c26-20(23-15-18(19-9-6-14-29-19)24-11-3-4-12-24)10-5-13-25-21(27)16-7-1-2-8-17(16)22(25)28/h1-2,6-9,14,18H,3-5,10-13,15H2,(H,23,26)/t18-/m0/s1. The second-order valence-corrected chi connectivity index (χ2v) is 8.47. The molecule has 1 aromatic heterocycles. The third kappa shape index (κ3) is 4.26. The van der Waals surface area contributed by atoms with E-state index in [1.807, 2.05) is 6.07 Å². The first-order valence-corrected chi connectivity index (χ1v) is 11.0. The summed E-state index contributed by atoms with van der Waals surface area (Å²) >= 11 is 1.72. The Balaban J connectivity index is 1.26. The summed E-state index contributed by atoms with van der Waals surface area (Å²) in [5, 5.41) is 5.12. The number of imide groups is 1. The molecule has 1 atom stereocenters. The molecule has 1 aromatic carbocycles. The molecule has 1 fully saturated rings. The highest BCUT2D eigenvalue weighted by Crippen LogP contribution is 2.28. The first kappa shape index (κ1) is 19.8. The van der Waals surface area contributed by atoms with E-state index in [0.29, 0.717) is 30.5 Å². The van der Waals surface area contributed by atoms with Gasteiger partial charge in [0.05, 0.1) is 17.2 Å². The Kier molecular flexibility index (Phi) is 6.06. The molecule has 7 heteroatoms. The van der Waals surface area contributed by atoms with E-state index < -0.39 is 0 Å². The first-order valence-electron chi connectivity index (χ1n) is 10.1. The smallest absolute Gasteiger partial charge is 0.261 e. The van der Waals surface area contributed by atoms with Crippen LogP contribution in [0.1, 0.15) is 57.3 Å². The Labute approximate surface area is 174 Å². The third-order valence-electron chi connectivity index (χ3n) is 5.61. The summed E-state index contributed by atoms with van der Waals surface area (Å²) in [5.41, 5.74) is 0.901. The molecule has 1 N–H and O–H groups in total. The molecule has 0 unspecified atom stereocenters. The van der Waals surface area contributed by atoms with Crippen molar-refractivity contribution in [3.05, 3.63) is 57.8 Å². The van der Waals surface area contributed by atoms with Crippen molar-refractivity contribution in [3.63, 3.8) is 0 Å². The third-order valence-corrected chi connectivity index (χ3v) is 6.58. The Hall–Kier alpha value is -2.51. The quantitative estimate of drug-likeness (QED) is 0.678. The van der Waals surface area contributed by atoms with Crippen molar-refractivity contribution in [2.75, 3.05) is 26.2 Å². The van der Waals surface area contributed by atoms with Gasteiger partial charge >= 0.3 is 0 Å². The van der Waals surface area contributed by atoms with Crippen molar-refractivity contribution in [2.45, 2.75) is 31.7 Å². The zero-order valence-corrected chi connectivity index (χ0v) is 17.1. The summed E-state index contributed by atoms with van der Waals surface area (Å²) in [6.07, 6.45) is 3.17. The molecule has 4 rings (SSSR count). The number of carbonyl (C=O) groups excluding carboxylic acids is 3. The molecule has 3 amide bonds. The van der Waals surface area contributed by atoms with Crippen LogP contribution in [-0.2, 0) is 4.79 Å². The molecular weight excluding hydrogens is 386 g/mol. The lowest BCUT2D eigenvalue weighted by Crippen LogP contribution is -2.37. The van der Waals surface area contributed by atoms with Gasteiger partial charge in [0.2, 0.25) is 5.91 Å². The summed E-state index contributed by atoms with van der Waals surface area (Å²) in [4.78, 5) is 42.1. The molecule has 0 aliphatic carbocycles. The van der Waals surface area contributed by atoms with Gasteiger partial charge in [0.1, 0.15) is 0 Å². The molecule has 29 heavy (non-hydrogen) atoms. The minimum atomic E-state index is -0.266. The number of amides is 3. The number of nitrogens with one attached hydrogen (secondary N) is 1. The van der Waals surface area contributed by atoms with E-state index in [2.05, 4.69) is 21.7 Å². The van der Waals surface area contributed by atoms with E-state index in [4.69, 9.17) is 0 Å². The predicted octanol–water partition coefficient (Wildman–Crippen LogP) is 3.08. The highest BCUT2D eigenvalue weighted by Gasteiger charge is 2.34. The summed E-state index contributed by atoms with van der Waals surface area (Å²) in [5.74, 6) is -0.571. The lowest BCUT2D eigenvalue weighted by molar-refractivity contribution is -0.121. The van der Waals surface area contributed by atoms with Crippen molar-refractivity contribution < 1.29 is 14.4 Å². The average Bonchev–Trinajstić information content (AvgIpc) is 3.48. The topological polar surface area (TPSA) is 69.7 Å². The minimum Gasteiger partial charge on any atom is -0.354 e. The van der Waals surface area contributed by atoms with Crippen LogP contribution in [0.3, 0.4) is 0 Å². The molecule has 3 heterocycles. The number of benzene rings is 1. The van der Waals surface area contributed by atoms with Crippen LogP contribution in [0.2, 0.25) is 0 Å². The number of likely N-dealkylation sites (tertiary alicyclic amines) is 1. The maximum Gasteiger partial charge on any atom is 0.261 e. The van der Waals surface area contributed by atoms with Gasteiger partial charge < -0.3 is 5.32 Å². The van der Waals surface area contributed by atoms with Crippen LogP contribution in [0.15, 0.2) is 41.8 Å². The Morgan fingerprint density at radius 1 is 1.03 bits per heavy atom. The fourth-order valence-corrected chi connectivity index (χ4v) is 4.94. The number of hydrogen-bond acceptors (Lipinski definition) is 5. The van der Waals surface area contributed by atoms with Crippen molar-refractivity contribution in [1.29, 1.82) is 0 Å².